The van der Waals surface area contributed by atoms with E-state index >= 15 is 0 Å². The smallest absolute Gasteiger partial charge is 0.298 e. The second kappa shape index (κ2) is 6.81. The Labute approximate surface area is 168 Å². The normalized spacial score (nSPS) is 12.9. The lowest BCUT2D eigenvalue weighted by Gasteiger charge is -2.08. The molecule has 0 aliphatic heterocycles. The summed E-state index contributed by atoms with van der Waals surface area (Å²) in [5, 5.41) is 0. The van der Waals surface area contributed by atoms with Crippen LogP contribution < -0.4 is 15.0 Å². The Kier molecular flexibility index (Phi) is 4.12. The van der Waals surface area contributed by atoms with Gasteiger partial charge in [-0.05, 0) is 60.7 Å². The molecule has 0 saturated carbocycles. The molecule has 1 aliphatic carbocycles. The van der Waals surface area contributed by atoms with Crippen LogP contribution in [0.5, 0.6) is 11.5 Å². The van der Waals surface area contributed by atoms with Gasteiger partial charge in [0.25, 0.3) is 5.56 Å². The number of benzene rings is 2. The summed E-state index contributed by atoms with van der Waals surface area (Å²) in [6, 6.07) is 11.9. The molecule has 146 valence electrons. The lowest BCUT2D eigenvalue weighted by Crippen LogP contribution is -2.20. The van der Waals surface area contributed by atoms with E-state index in [2.05, 4.69) is 17.1 Å². The second-order valence-corrected chi connectivity index (χ2v) is 7.21. The van der Waals surface area contributed by atoms with E-state index in [1.807, 2.05) is 36.7 Å². The highest BCUT2D eigenvalue weighted by Gasteiger charge is 2.15. The molecule has 0 bridgehead atoms. The molecular formula is C23H21N3O3. The highest BCUT2D eigenvalue weighted by Crippen LogP contribution is 2.32. The standard InChI is InChI=1S/C23H21N3O3/c1-28-20-9-7-17(13-21(20)29-2)19-14-25-10-11-26(23(27)22(25)24-19)18-8-6-15-4-3-5-16(15)12-18/h6-14H,3-5H2,1-2H3. The summed E-state index contributed by atoms with van der Waals surface area (Å²) in [5.41, 5.74) is 5.41. The average Bonchev–Trinajstić information content (AvgIpc) is 3.40. The van der Waals surface area contributed by atoms with Gasteiger partial charge in [0.15, 0.2) is 11.5 Å². The zero-order valence-electron chi connectivity index (χ0n) is 16.4. The Morgan fingerprint density at radius 2 is 1.76 bits per heavy atom. The lowest BCUT2D eigenvalue weighted by molar-refractivity contribution is 0.355. The molecule has 0 fully saturated rings. The third kappa shape index (κ3) is 2.88. The average molecular weight is 387 g/mol. The van der Waals surface area contributed by atoms with Crippen molar-refractivity contribution in [2.45, 2.75) is 19.3 Å². The second-order valence-electron chi connectivity index (χ2n) is 7.21. The molecule has 2 heterocycles. The molecule has 0 amide bonds. The fraction of sp³-hybridized carbons (Fsp3) is 0.217. The van der Waals surface area contributed by atoms with Gasteiger partial charge in [-0.1, -0.05) is 6.07 Å². The zero-order chi connectivity index (χ0) is 20.0. The summed E-state index contributed by atoms with van der Waals surface area (Å²) in [6.45, 7) is 0. The summed E-state index contributed by atoms with van der Waals surface area (Å²) in [4.78, 5) is 17.7. The Morgan fingerprint density at radius 3 is 2.59 bits per heavy atom. The maximum Gasteiger partial charge on any atom is 0.298 e. The monoisotopic (exact) mass is 387 g/mol. The van der Waals surface area contributed by atoms with Gasteiger partial charge in [-0.25, -0.2) is 4.98 Å². The topological polar surface area (TPSA) is 57.8 Å². The molecule has 0 unspecified atom stereocenters. The van der Waals surface area contributed by atoms with Crippen molar-refractivity contribution in [3.63, 3.8) is 0 Å². The van der Waals surface area contributed by atoms with Crippen LogP contribution in [0.4, 0.5) is 0 Å². The molecule has 0 spiro atoms. The van der Waals surface area contributed by atoms with Crippen LogP contribution in [0.15, 0.2) is 59.8 Å². The number of aryl methyl sites for hydroxylation is 2. The SMILES string of the molecule is COc1ccc(-c2cn3ccn(-c4ccc5c(c4)CCC5)c(=O)c3n2)cc1OC. The number of rotatable bonds is 4. The molecule has 0 radical (unpaired) electrons. The fourth-order valence-corrected chi connectivity index (χ4v) is 4.03. The van der Waals surface area contributed by atoms with E-state index in [4.69, 9.17) is 9.47 Å². The molecule has 4 aromatic rings. The molecular weight excluding hydrogens is 366 g/mol. The van der Waals surface area contributed by atoms with E-state index in [0.717, 1.165) is 24.1 Å². The van der Waals surface area contributed by atoms with Crippen LogP contribution in [0.3, 0.4) is 0 Å². The molecule has 0 atom stereocenters. The number of hydrogen-bond donors (Lipinski definition) is 0. The molecule has 0 saturated heterocycles. The minimum Gasteiger partial charge on any atom is -0.493 e. The predicted octanol–water partition coefficient (Wildman–Crippen LogP) is 3.66. The summed E-state index contributed by atoms with van der Waals surface area (Å²) in [5.74, 6) is 1.27. The molecule has 6 heteroatoms. The lowest BCUT2D eigenvalue weighted by atomic mass is 10.1. The summed E-state index contributed by atoms with van der Waals surface area (Å²) >= 11 is 0. The van der Waals surface area contributed by atoms with Crippen molar-refractivity contribution in [3.05, 3.63) is 76.5 Å². The van der Waals surface area contributed by atoms with Crippen molar-refractivity contribution in [1.29, 1.82) is 0 Å². The molecule has 0 N–H and O–H groups in total. The van der Waals surface area contributed by atoms with Crippen LogP contribution in [0.25, 0.3) is 22.6 Å². The molecule has 5 rings (SSSR count). The van der Waals surface area contributed by atoms with Gasteiger partial charge in [-0.2, -0.15) is 0 Å². The van der Waals surface area contributed by atoms with Crippen molar-refractivity contribution in [1.82, 2.24) is 14.0 Å². The van der Waals surface area contributed by atoms with Crippen LogP contribution >= 0.6 is 0 Å². The number of hydrogen-bond acceptors (Lipinski definition) is 4. The minimum absolute atomic E-state index is 0.142. The van der Waals surface area contributed by atoms with E-state index in [0.29, 0.717) is 22.8 Å². The van der Waals surface area contributed by atoms with E-state index in [-0.39, 0.29) is 5.56 Å². The van der Waals surface area contributed by atoms with Gasteiger partial charge in [0.05, 0.1) is 19.9 Å². The minimum atomic E-state index is -0.142. The van der Waals surface area contributed by atoms with Gasteiger partial charge in [-0.15, -0.1) is 0 Å². The zero-order valence-corrected chi connectivity index (χ0v) is 16.4. The first-order valence-electron chi connectivity index (χ1n) is 9.63. The summed E-state index contributed by atoms with van der Waals surface area (Å²) in [6.07, 6.45) is 8.89. The predicted molar refractivity (Wildman–Crippen MR) is 111 cm³/mol. The fourth-order valence-electron chi connectivity index (χ4n) is 4.03. The molecule has 29 heavy (non-hydrogen) atoms. The van der Waals surface area contributed by atoms with Gasteiger partial charge in [0.1, 0.15) is 0 Å². The van der Waals surface area contributed by atoms with Crippen molar-refractivity contribution >= 4 is 5.65 Å². The van der Waals surface area contributed by atoms with E-state index < -0.39 is 0 Å². The highest BCUT2D eigenvalue weighted by molar-refractivity contribution is 5.66. The number of fused-ring (bicyclic) bond motifs is 2. The van der Waals surface area contributed by atoms with Crippen LogP contribution in [-0.2, 0) is 12.8 Å². The maximum absolute atomic E-state index is 13.1. The van der Waals surface area contributed by atoms with Gasteiger partial charge in [0, 0.05) is 29.8 Å². The summed E-state index contributed by atoms with van der Waals surface area (Å²) in [7, 11) is 3.20. The molecule has 2 aromatic carbocycles. The molecule has 6 nitrogen and oxygen atoms in total. The van der Waals surface area contributed by atoms with Crippen molar-refractivity contribution in [2.24, 2.45) is 0 Å². The Balaban J connectivity index is 1.60. The van der Waals surface area contributed by atoms with Crippen molar-refractivity contribution in [2.75, 3.05) is 14.2 Å². The van der Waals surface area contributed by atoms with E-state index in [1.54, 1.807) is 29.4 Å². The first-order valence-corrected chi connectivity index (χ1v) is 9.63. The number of aromatic nitrogens is 3. The van der Waals surface area contributed by atoms with Crippen LogP contribution in [-0.4, -0.2) is 28.2 Å². The molecule has 2 aromatic heterocycles. The van der Waals surface area contributed by atoms with Gasteiger partial charge >= 0.3 is 0 Å². The van der Waals surface area contributed by atoms with Gasteiger partial charge in [0.2, 0.25) is 5.65 Å². The van der Waals surface area contributed by atoms with Crippen LogP contribution in [0.1, 0.15) is 17.5 Å². The highest BCUT2D eigenvalue weighted by atomic mass is 16.5. The van der Waals surface area contributed by atoms with E-state index in [9.17, 15) is 4.79 Å². The van der Waals surface area contributed by atoms with E-state index in [1.165, 1.54) is 17.5 Å². The number of ether oxygens (including phenoxy) is 2. The van der Waals surface area contributed by atoms with Gasteiger partial charge in [-0.3, -0.25) is 9.36 Å². The quantitative estimate of drug-likeness (QED) is 0.536. The number of imidazole rings is 1. The third-order valence-corrected chi connectivity index (χ3v) is 5.56. The van der Waals surface area contributed by atoms with Crippen molar-refractivity contribution < 1.29 is 9.47 Å². The van der Waals surface area contributed by atoms with Gasteiger partial charge < -0.3 is 13.9 Å². The Morgan fingerprint density at radius 1 is 0.931 bits per heavy atom. The number of nitrogens with zero attached hydrogens (tertiary/aromatic N) is 3. The first-order chi connectivity index (χ1) is 14.2. The largest absolute Gasteiger partial charge is 0.493 e. The van der Waals surface area contributed by atoms with Crippen LogP contribution in [0, 0.1) is 0 Å². The maximum atomic E-state index is 13.1. The first kappa shape index (κ1) is 17.6. The Hall–Kier alpha value is -3.54. The van der Waals surface area contributed by atoms with Crippen molar-refractivity contribution in [3.8, 4) is 28.4 Å². The molecule has 1 aliphatic rings. The van der Waals surface area contributed by atoms with Crippen LogP contribution in [0.2, 0.25) is 0 Å². The third-order valence-electron chi connectivity index (χ3n) is 5.56. The Bertz CT molecular complexity index is 1290. The summed E-state index contributed by atoms with van der Waals surface area (Å²) < 4.78 is 14.1. The number of methoxy groups -OCH3 is 2.